The molecule has 0 bridgehead atoms. The van der Waals surface area contributed by atoms with Crippen molar-refractivity contribution in [2.24, 2.45) is 7.05 Å². The summed E-state index contributed by atoms with van der Waals surface area (Å²) in [6.07, 6.45) is 6.92. The second-order valence-corrected chi connectivity index (χ2v) is 9.47. The number of benzene rings is 4. The molecule has 1 nitrogen and oxygen atoms in total. The Labute approximate surface area is 194 Å². The number of hydrogen-bond acceptors (Lipinski definition) is 0. The van der Waals surface area contributed by atoms with E-state index in [-0.39, 0.29) is 5.41 Å². The first-order chi connectivity index (χ1) is 16.3. The highest BCUT2D eigenvalue weighted by atomic mass is 15.0. The second kappa shape index (κ2) is 6.83. The van der Waals surface area contributed by atoms with Crippen molar-refractivity contribution >= 4 is 10.9 Å². The van der Waals surface area contributed by atoms with Gasteiger partial charge in [0.2, 0.25) is 0 Å². The van der Waals surface area contributed by atoms with E-state index in [1.807, 2.05) is 0 Å². The summed E-state index contributed by atoms with van der Waals surface area (Å²) in [5.41, 5.74) is 12.3. The Morgan fingerprint density at radius 2 is 1.24 bits per heavy atom. The predicted octanol–water partition coefficient (Wildman–Crippen LogP) is 8.13. The van der Waals surface area contributed by atoms with E-state index in [4.69, 9.17) is 0 Å². The summed E-state index contributed by atoms with van der Waals surface area (Å²) in [7, 11) is 2.22. The molecule has 0 amide bonds. The molecule has 0 saturated carbocycles. The van der Waals surface area contributed by atoms with Crippen molar-refractivity contribution in [3.63, 3.8) is 0 Å². The van der Waals surface area contributed by atoms with Crippen molar-refractivity contribution in [2.45, 2.75) is 18.3 Å². The molecular weight excluding hydrogens is 398 g/mol. The minimum Gasteiger partial charge on any atom is -0.343 e. The lowest BCUT2D eigenvalue weighted by Gasteiger charge is -2.27. The van der Waals surface area contributed by atoms with Crippen LogP contribution < -0.4 is 0 Å². The second-order valence-electron chi connectivity index (χ2n) is 9.47. The molecule has 0 radical (unpaired) electrons. The van der Waals surface area contributed by atoms with Gasteiger partial charge in [0.1, 0.15) is 0 Å². The molecule has 5 aromatic rings. The van der Waals surface area contributed by atoms with Gasteiger partial charge in [-0.25, -0.2) is 0 Å². The third-order valence-corrected chi connectivity index (χ3v) is 7.80. The SMILES string of the molecule is Cn1c2c(c3ccccc31)C1(CC=CC1)c1cc(-c3ccc(-c4ccccc4)cc3)ccc1-2. The van der Waals surface area contributed by atoms with Crippen LogP contribution in [0.3, 0.4) is 0 Å². The van der Waals surface area contributed by atoms with Crippen LogP contribution in [-0.2, 0) is 12.5 Å². The maximum Gasteiger partial charge on any atom is 0.0533 e. The third kappa shape index (κ3) is 2.54. The highest BCUT2D eigenvalue weighted by Crippen LogP contribution is 2.58. The fraction of sp³-hybridized carbons (Fsp3) is 0.125. The van der Waals surface area contributed by atoms with Crippen molar-refractivity contribution in [1.82, 2.24) is 4.57 Å². The fourth-order valence-electron chi connectivity index (χ4n) is 6.22. The van der Waals surface area contributed by atoms with E-state index in [2.05, 4.69) is 121 Å². The van der Waals surface area contributed by atoms with Crippen LogP contribution in [0.1, 0.15) is 24.0 Å². The van der Waals surface area contributed by atoms with E-state index < -0.39 is 0 Å². The Balaban J connectivity index is 1.38. The van der Waals surface area contributed by atoms with Crippen LogP contribution in [0, 0.1) is 0 Å². The molecule has 0 unspecified atom stereocenters. The maximum absolute atomic E-state index is 2.47. The van der Waals surface area contributed by atoms with E-state index in [0.717, 1.165) is 12.8 Å². The highest BCUT2D eigenvalue weighted by molar-refractivity contribution is 5.98. The Kier molecular flexibility index (Phi) is 3.87. The molecule has 1 heteroatoms. The number of aryl methyl sites for hydroxylation is 1. The van der Waals surface area contributed by atoms with E-state index >= 15 is 0 Å². The van der Waals surface area contributed by atoms with Gasteiger partial charge in [0.15, 0.2) is 0 Å². The monoisotopic (exact) mass is 423 g/mol. The smallest absolute Gasteiger partial charge is 0.0533 e. The molecule has 1 aromatic heterocycles. The Morgan fingerprint density at radius 1 is 0.636 bits per heavy atom. The molecule has 0 aliphatic heterocycles. The minimum atomic E-state index is 0.0610. The van der Waals surface area contributed by atoms with Gasteiger partial charge in [-0.3, -0.25) is 0 Å². The van der Waals surface area contributed by atoms with Crippen LogP contribution in [0.2, 0.25) is 0 Å². The zero-order chi connectivity index (χ0) is 22.0. The predicted molar refractivity (Wildman–Crippen MR) is 138 cm³/mol. The zero-order valence-electron chi connectivity index (χ0n) is 18.8. The lowest BCUT2D eigenvalue weighted by molar-refractivity contribution is 0.577. The van der Waals surface area contributed by atoms with E-state index in [0.29, 0.717) is 0 Å². The molecule has 0 fully saturated rings. The van der Waals surface area contributed by atoms with Gasteiger partial charge in [0, 0.05) is 28.9 Å². The van der Waals surface area contributed by atoms with Crippen LogP contribution in [0.15, 0.2) is 109 Å². The van der Waals surface area contributed by atoms with Crippen molar-refractivity contribution in [3.8, 4) is 33.5 Å². The summed E-state index contributed by atoms with van der Waals surface area (Å²) in [5, 5.41) is 1.41. The zero-order valence-corrected chi connectivity index (χ0v) is 18.8. The van der Waals surface area contributed by atoms with Gasteiger partial charge in [-0.1, -0.05) is 97.1 Å². The topological polar surface area (TPSA) is 4.93 Å². The first-order valence-corrected chi connectivity index (χ1v) is 11.8. The first kappa shape index (κ1) is 18.7. The molecule has 158 valence electrons. The summed E-state index contributed by atoms with van der Waals surface area (Å²) < 4.78 is 2.41. The first-order valence-electron chi connectivity index (χ1n) is 11.8. The lowest BCUT2D eigenvalue weighted by Crippen LogP contribution is -2.21. The summed E-state index contributed by atoms with van der Waals surface area (Å²) in [6, 6.07) is 35.6. The fourth-order valence-corrected chi connectivity index (χ4v) is 6.22. The van der Waals surface area contributed by atoms with Crippen LogP contribution in [0.25, 0.3) is 44.4 Å². The molecule has 4 aromatic carbocycles. The Hall–Kier alpha value is -3.84. The van der Waals surface area contributed by atoms with E-state index in [1.54, 1.807) is 0 Å². The Morgan fingerprint density at radius 3 is 2.00 bits per heavy atom. The molecule has 0 N–H and O–H groups in total. The van der Waals surface area contributed by atoms with Gasteiger partial charge < -0.3 is 4.57 Å². The van der Waals surface area contributed by atoms with E-state index in [9.17, 15) is 0 Å². The number of aromatic nitrogens is 1. The molecule has 0 saturated heterocycles. The van der Waals surface area contributed by atoms with Crippen LogP contribution >= 0.6 is 0 Å². The molecule has 1 heterocycles. The summed E-state index contributed by atoms with van der Waals surface area (Å²) in [4.78, 5) is 0. The quantitative estimate of drug-likeness (QED) is 0.253. The number of rotatable bonds is 2. The summed E-state index contributed by atoms with van der Waals surface area (Å²) in [6.45, 7) is 0. The number of allylic oxidation sites excluding steroid dienone is 2. The standard InChI is InChI=1S/C32H25N/c1-33-29-12-6-5-11-27(29)30-31(33)26-18-17-25(21-28(26)32(30)19-7-8-20-32)24-15-13-23(14-16-24)22-9-3-2-4-10-22/h2-18,21H,19-20H2,1H3. The van der Waals surface area contributed by atoms with Crippen molar-refractivity contribution in [3.05, 3.63) is 120 Å². The third-order valence-electron chi connectivity index (χ3n) is 7.80. The maximum atomic E-state index is 2.47. The molecule has 2 aliphatic carbocycles. The number of hydrogen-bond donors (Lipinski definition) is 0. The Bertz CT molecular complexity index is 1540. The van der Waals surface area contributed by atoms with Gasteiger partial charge in [-0.15, -0.1) is 0 Å². The highest BCUT2D eigenvalue weighted by Gasteiger charge is 2.46. The number of nitrogens with zero attached hydrogens (tertiary/aromatic N) is 1. The minimum absolute atomic E-state index is 0.0610. The van der Waals surface area contributed by atoms with Gasteiger partial charge in [-0.2, -0.15) is 0 Å². The lowest BCUT2D eigenvalue weighted by atomic mass is 9.75. The number of para-hydroxylation sites is 1. The number of fused-ring (bicyclic) bond motifs is 7. The van der Waals surface area contributed by atoms with Gasteiger partial charge in [0.25, 0.3) is 0 Å². The van der Waals surface area contributed by atoms with Crippen molar-refractivity contribution < 1.29 is 0 Å². The average Bonchev–Trinajstić information content (AvgIpc) is 3.56. The van der Waals surface area contributed by atoms with Crippen molar-refractivity contribution in [1.29, 1.82) is 0 Å². The molecule has 1 spiro atoms. The summed E-state index contributed by atoms with van der Waals surface area (Å²) >= 11 is 0. The van der Waals surface area contributed by atoms with Crippen LogP contribution in [-0.4, -0.2) is 4.57 Å². The largest absolute Gasteiger partial charge is 0.343 e. The average molecular weight is 424 g/mol. The van der Waals surface area contributed by atoms with Gasteiger partial charge >= 0.3 is 0 Å². The molecule has 33 heavy (non-hydrogen) atoms. The van der Waals surface area contributed by atoms with Crippen LogP contribution in [0.4, 0.5) is 0 Å². The van der Waals surface area contributed by atoms with E-state index in [1.165, 1.54) is 55.5 Å². The van der Waals surface area contributed by atoms with Crippen molar-refractivity contribution in [2.75, 3.05) is 0 Å². The normalized spacial score (nSPS) is 15.3. The van der Waals surface area contributed by atoms with Gasteiger partial charge in [0.05, 0.1) is 5.69 Å². The van der Waals surface area contributed by atoms with Crippen LogP contribution in [0.5, 0.6) is 0 Å². The molecule has 7 rings (SSSR count). The van der Waals surface area contributed by atoms with Gasteiger partial charge in [-0.05, 0) is 58.4 Å². The summed E-state index contributed by atoms with van der Waals surface area (Å²) in [5.74, 6) is 0. The molecular formula is C32H25N. The molecule has 0 atom stereocenters. The molecule has 2 aliphatic rings.